The van der Waals surface area contributed by atoms with Gasteiger partial charge in [-0.3, -0.25) is 0 Å². The smallest absolute Gasteiger partial charge is 0.289 e. The molecule has 35 heavy (non-hydrogen) atoms. The Labute approximate surface area is 229 Å². The van der Waals surface area contributed by atoms with Crippen LogP contribution in [0.1, 0.15) is 5.56 Å². The molecule has 1 aromatic heterocycles. The zero-order valence-electron chi connectivity index (χ0n) is 19.4. The third-order valence-electron chi connectivity index (χ3n) is 6.80. The molecule has 0 atom stereocenters. The zero-order valence-corrected chi connectivity index (χ0v) is 23.5. The second-order valence-corrected chi connectivity index (χ2v) is 8.91. The van der Waals surface area contributed by atoms with E-state index >= 15 is 0 Å². The van der Waals surface area contributed by atoms with Crippen LogP contribution in [-0.4, -0.2) is 12.0 Å². The number of anilines is 2. The van der Waals surface area contributed by atoms with Crippen molar-refractivity contribution in [3.8, 4) is 16.8 Å². The van der Waals surface area contributed by atoms with Crippen LogP contribution in [0.5, 0.6) is 0 Å². The quantitative estimate of drug-likeness (QED) is 0.143. The van der Waals surface area contributed by atoms with E-state index in [1.165, 1.54) is 49.6 Å². The third kappa shape index (κ3) is 3.56. The SMILES string of the molecule is Cc1ccc2c(c1)[B]N(c1[c-]ccc(-n3c4ccccc4c4ccccc43)c1)c1ccccc1-2.[U]. The van der Waals surface area contributed by atoms with E-state index in [2.05, 4.69) is 133 Å². The van der Waals surface area contributed by atoms with Crippen molar-refractivity contribution in [2.45, 2.75) is 6.92 Å². The maximum Gasteiger partial charge on any atom is 0.289 e. The first kappa shape index (κ1) is 22.3. The van der Waals surface area contributed by atoms with Crippen molar-refractivity contribution in [3.63, 3.8) is 0 Å². The maximum absolute atomic E-state index is 3.50. The minimum atomic E-state index is 0. The fourth-order valence-corrected chi connectivity index (χ4v) is 5.27. The molecule has 6 aromatic rings. The van der Waals surface area contributed by atoms with E-state index in [1.807, 2.05) is 6.07 Å². The first-order valence-corrected chi connectivity index (χ1v) is 11.6. The van der Waals surface area contributed by atoms with E-state index in [1.54, 1.807) is 0 Å². The van der Waals surface area contributed by atoms with Gasteiger partial charge in [0.25, 0.3) is 7.41 Å². The van der Waals surface area contributed by atoms with E-state index in [9.17, 15) is 0 Å². The maximum atomic E-state index is 3.50. The number of hydrogen-bond donors (Lipinski definition) is 0. The van der Waals surface area contributed by atoms with Crippen molar-refractivity contribution in [1.82, 2.24) is 4.57 Å². The molecule has 163 valence electrons. The average molecular weight is 670 g/mol. The van der Waals surface area contributed by atoms with Gasteiger partial charge in [-0.25, -0.2) is 0 Å². The fourth-order valence-electron chi connectivity index (χ4n) is 5.27. The summed E-state index contributed by atoms with van der Waals surface area (Å²) < 4.78 is 2.36. The van der Waals surface area contributed by atoms with Crippen LogP contribution in [0.4, 0.5) is 11.4 Å². The van der Waals surface area contributed by atoms with Gasteiger partial charge in [0, 0.05) is 53.1 Å². The Morgan fingerprint density at radius 3 is 2.14 bits per heavy atom. The van der Waals surface area contributed by atoms with Crippen LogP contribution in [0.3, 0.4) is 0 Å². The van der Waals surface area contributed by atoms with Gasteiger partial charge in [-0.15, -0.1) is 12.1 Å². The summed E-state index contributed by atoms with van der Waals surface area (Å²) in [5, 5.41) is 2.54. The Hall–Kier alpha value is -3.18. The Kier molecular flexibility index (Phi) is 5.60. The van der Waals surface area contributed by atoms with Gasteiger partial charge < -0.3 is 9.38 Å². The van der Waals surface area contributed by atoms with Gasteiger partial charge in [0.2, 0.25) is 0 Å². The number of benzene rings is 5. The first-order valence-electron chi connectivity index (χ1n) is 11.6. The molecule has 7 rings (SSSR count). The van der Waals surface area contributed by atoms with Crippen LogP contribution in [0.2, 0.25) is 0 Å². The van der Waals surface area contributed by atoms with Gasteiger partial charge in [0.15, 0.2) is 0 Å². The number of para-hydroxylation sites is 3. The largest absolute Gasteiger partial charge is 0.406 e. The fraction of sp³-hybridized carbons (Fsp3) is 0.0323. The summed E-state index contributed by atoms with van der Waals surface area (Å²) in [7, 11) is 2.24. The number of hydrogen-bond acceptors (Lipinski definition) is 1. The second-order valence-electron chi connectivity index (χ2n) is 8.91. The average Bonchev–Trinajstić information content (AvgIpc) is 3.22. The summed E-state index contributed by atoms with van der Waals surface area (Å²) >= 11 is 0. The second kappa shape index (κ2) is 8.79. The molecule has 2 heterocycles. The normalized spacial score (nSPS) is 12.1. The summed E-state index contributed by atoms with van der Waals surface area (Å²) in [4.78, 5) is 2.27. The van der Waals surface area contributed by atoms with Crippen molar-refractivity contribution in [2.24, 2.45) is 0 Å². The molecule has 0 amide bonds. The van der Waals surface area contributed by atoms with Crippen molar-refractivity contribution in [3.05, 3.63) is 121 Å². The molecule has 0 fully saturated rings. The molecule has 2 nitrogen and oxygen atoms in total. The molecular formula is C31H21BN2U-. The molecule has 1 aliphatic heterocycles. The molecule has 5 aromatic carbocycles. The van der Waals surface area contributed by atoms with Crippen LogP contribution in [0.15, 0.2) is 109 Å². The van der Waals surface area contributed by atoms with Crippen LogP contribution < -0.4 is 10.3 Å². The molecule has 0 saturated heterocycles. The minimum Gasteiger partial charge on any atom is -0.406 e. The molecule has 4 heteroatoms. The monoisotopic (exact) mass is 670 g/mol. The third-order valence-corrected chi connectivity index (χ3v) is 6.80. The predicted molar refractivity (Wildman–Crippen MR) is 144 cm³/mol. The summed E-state index contributed by atoms with van der Waals surface area (Å²) in [6.07, 6.45) is 0. The van der Waals surface area contributed by atoms with Crippen LogP contribution in [0.25, 0.3) is 38.6 Å². The molecule has 0 spiro atoms. The number of rotatable bonds is 2. The van der Waals surface area contributed by atoms with Gasteiger partial charge in [-0.1, -0.05) is 95.2 Å². The summed E-state index contributed by atoms with van der Waals surface area (Å²) in [5.41, 5.74) is 10.8. The Morgan fingerprint density at radius 2 is 1.37 bits per heavy atom. The first-order chi connectivity index (χ1) is 16.8. The van der Waals surface area contributed by atoms with E-state index in [0.717, 1.165) is 11.4 Å². The Balaban J connectivity index is 0.00000229. The molecule has 1 radical (unpaired) electrons. The van der Waals surface area contributed by atoms with Crippen LogP contribution in [-0.2, 0) is 0 Å². The summed E-state index contributed by atoms with van der Waals surface area (Å²) in [5.74, 6) is 0. The summed E-state index contributed by atoms with van der Waals surface area (Å²) in [6, 6.07) is 42.5. The van der Waals surface area contributed by atoms with Crippen molar-refractivity contribution in [1.29, 1.82) is 0 Å². The Bertz CT molecular complexity index is 1670. The molecular weight excluding hydrogens is 649 g/mol. The summed E-state index contributed by atoms with van der Waals surface area (Å²) in [6.45, 7) is 2.15. The molecule has 0 N–H and O–H groups in total. The van der Waals surface area contributed by atoms with Crippen LogP contribution >= 0.6 is 0 Å². The zero-order chi connectivity index (χ0) is 22.6. The molecule has 0 bridgehead atoms. The van der Waals surface area contributed by atoms with E-state index in [0.29, 0.717) is 0 Å². The molecule has 0 aliphatic carbocycles. The van der Waals surface area contributed by atoms with E-state index in [4.69, 9.17) is 0 Å². The van der Waals surface area contributed by atoms with Gasteiger partial charge in [0.05, 0.1) is 11.0 Å². The molecule has 0 saturated carbocycles. The Morgan fingerprint density at radius 1 is 0.686 bits per heavy atom. The number of fused-ring (bicyclic) bond motifs is 6. The number of nitrogens with zero attached hydrogens (tertiary/aromatic N) is 2. The van der Waals surface area contributed by atoms with Crippen molar-refractivity contribution >= 4 is 46.1 Å². The van der Waals surface area contributed by atoms with Crippen molar-refractivity contribution < 1.29 is 31.1 Å². The topological polar surface area (TPSA) is 8.17 Å². The predicted octanol–water partition coefficient (Wildman–Crippen LogP) is 6.96. The van der Waals surface area contributed by atoms with Gasteiger partial charge >= 0.3 is 0 Å². The van der Waals surface area contributed by atoms with E-state index < -0.39 is 0 Å². The standard InChI is InChI=1S/C31H21BN2.U/c1-21-17-18-24-25-11-4-7-16-31(25)34(32-28(24)19-21)23-10-8-9-22(20-23)33-29-14-5-2-12-26(29)27-13-3-6-15-30(27)33;/h2-9,11-20H,1H3;/q-1;. The van der Waals surface area contributed by atoms with E-state index in [-0.39, 0.29) is 31.1 Å². The van der Waals surface area contributed by atoms with Crippen molar-refractivity contribution in [2.75, 3.05) is 4.81 Å². The van der Waals surface area contributed by atoms with Gasteiger partial charge in [0.1, 0.15) is 0 Å². The number of aromatic nitrogens is 1. The van der Waals surface area contributed by atoms with Gasteiger partial charge in [-0.05, 0) is 30.7 Å². The molecule has 1 aliphatic rings. The minimum absolute atomic E-state index is 0. The van der Waals surface area contributed by atoms with Gasteiger partial charge in [-0.2, -0.15) is 12.1 Å². The molecule has 0 unspecified atom stereocenters. The number of aryl methyl sites for hydroxylation is 1. The van der Waals surface area contributed by atoms with Crippen LogP contribution in [0, 0.1) is 44.1 Å².